The van der Waals surface area contributed by atoms with Crippen molar-refractivity contribution in [3.05, 3.63) is 22.9 Å². The maximum atomic E-state index is 11.2. The molecule has 0 bridgehead atoms. The molecule has 0 aliphatic heterocycles. The van der Waals surface area contributed by atoms with Crippen LogP contribution in [0.25, 0.3) is 5.65 Å². The average molecular weight is 248 g/mol. The number of anilines is 1. The van der Waals surface area contributed by atoms with Crippen molar-refractivity contribution in [3.8, 4) is 0 Å². The van der Waals surface area contributed by atoms with Crippen LogP contribution in [-0.4, -0.2) is 38.7 Å². The van der Waals surface area contributed by atoms with Gasteiger partial charge in [-0.2, -0.15) is 5.10 Å². The molecule has 7 nitrogen and oxygen atoms in total. The summed E-state index contributed by atoms with van der Waals surface area (Å²) in [6.07, 6.45) is 5.17. The van der Waals surface area contributed by atoms with Gasteiger partial charge in [-0.15, -0.1) is 0 Å². The molecule has 3 N–H and O–H groups in total. The molecule has 0 amide bonds. The third-order valence-corrected chi connectivity index (χ3v) is 2.98. The van der Waals surface area contributed by atoms with E-state index in [4.69, 9.17) is 0 Å². The van der Waals surface area contributed by atoms with Crippen LogP contribution in [0.4, 0.5) is 5.82 Å². The number of aromatic amines is 1. The topological polar surface area (TPSA) is 87.1 Å². The van der Waals surface area contributed by atoms with Gasteiger partial charge >= 0.3 is 5.69 Å². The molecule has 1 fully saturated rings. The predicted octanol–water partition coefficient (Wildman–Crippen LogP) is -0.0284. The van der Waals surface area contributed by atoms with Crippen molar-refractivity contribution in [2.24, 2.45) is 0 Å². The smallest absolute Gasteiger partial charge is 0.348 e. The Morgan fingerprint density at radius 2 is 2.33 bits per heavy atom. The van der Waals surface area contributed by atoms with Gasteiger partial charge < -0.3 is 10.6 Å². The van der Waals surface area contributed by atoms with Crippen LogP contribution in [-0.2, 0) is 0 Å². The van der Waals surface area contributed by atoms with E-state index >= 15 is 0 Å². The van der Waals surface area contributed by atoms with Crippen LogP contribution in [0.1, 0.15) is 19.3 Å². The second-order valence-corrected chi connectivity index (χ2v) is 4.54. The maximum absolute atomic E-state index is 11.2. The Morgan fingerprint density at radius 1 is 1.44 bits per heavy atom. The Bertz CT molecular complexity index is 584. The van der Waals surface area contributed by atoms with Gasteiger partial charge in [-0.05, 0) is 25.8 Å². The van der Waals surface area contributed by atoms with Crippen LogP contribution in [0.2, 0.25) is 0 Å². The van der Waals surface area contributed by atoms with Crippen molar-refractivity contribution in [1.29, 1.82) is 0 Å². The zero-order valence-electron chi connectivity index (χ0n) is 10.0. The monoisotopic (exact) mass is 248 g/mol. The van der Waals surface area contributed by atoms with Crippen molar-refractivity contribution < 1.29 is 0 Å². The summed E-state index contributed by atoms with van der Waals surface area (Å²) in [5, 5.41) is 12.9. The van der Waals surface area contributed by atoms with Crippen molar-refractivity contribution in [1.82, 2.24) is 24.9 Å². The van der Waals surface area contributed by atoms with Crippen LogP contribution in [0, 0.1) is 0 Å². The van der Waals surface area contributed by atoms with E-state index in [-0.39, 0.29) is 5.69 Å². The lowest BCUT2D eigenvalue weighted by Crippen LogP contribution is -2.20. The number of fused-ring (bicyclic) bond motifs is 1. The number of H-pyrrole nitrogens is 1. The summed E-state index contributed by atoms with van der Waals surface area (Å²) in [4.78, 5) is 15.4. The molecular weight excluding hydrogens is 232 g/mol. The van der Waals surface area contributed by atoms with E-state index in [0.717, 1.165) is 31.4 Å². The van der Waals surface area contributed by atoms with Gasteiger partial charge in [-0.1, -0.05) is 0 Å². The Hall–Kier alpha value is -1.89. The zero-order valence-corrected chi connectivity index (χ0v) is 10.0. The highest BCUT2D eigenvalue weighted by molar-refractivity contribution is 5.48. The van der Waals surface area contributed by atoms with Gasteiger partial charge in [0, 0.05) is 18.7 Å². The number of hydrogen-bond donors (Lipinski definition) is 3. The molecule has 0 atom stereocenters. The minimum absolute atomic E-state index is 0.266. The largest absolute Gasteiger partial charge is 0.370 e. The van der Waals surface area contributed by atoms with Crippen LogP contribution >= 0.6 is 0 Å². The fourth-order valence-electron chi connectivity index (χ4n) is 1.80. The first-order valence-corrected chi connectivity index (χ1v) is 6.23. The molecule has 2 heterocycles. The number of aromatic nitrogens is 4. The fraction of sp³-hybridized carbons (Fsp3) is 0.545. The van der Waals surface area contributed by atoms with E-state index in [2.05, 4.69) is 25.8 Å². The van der Waals surface area contributed by atoms with Gasteiger partial charge in [-0.25, -0.2) is 19.3 Å². The first-order chi connectivity index (χ1) is 8.83. The van der Waals surface area contributed by atoms with Gasteiger partial charge in [0.1, 0.15) is 12.1 Å². The second-order valence-electron chi connectivity index (χ2n) is 4.54. The first-order valence-electron chi connectivity index (χ1n) is 6.23. The van der Waals surface area contributed by atoms with E-state index in [9.17, 15) is 4.79 Å². The standard InChI is InChI=1S/C11H16N6O/c18-11-16-15-10-6-9(14-7-17(10)11)13-5-1-4-12-8-2-3-8/h6-8,12-13H,1-5H2,(H,16,18). The lowest BCUT2D eigenvalue weighted by atomic mass is 10.4. The van der Waals surface area contributed by atoms with Crippen molar-refractivity contribution >= 4 is 11.5 Å². The van der Waals surface area contributed by atoms with Crippen molar-refractivity contribution in [2.75, 3.05) is 18.4 Å². The average Bonchev–Trinajstić information content (AvgIpc) is 3.13. The van der Waals surface area contributed by atoms with E-state index in [1.165, 1.54) is 23.6 Å². The molecule has 0 unspecified atom stereocenters. The number of nitrogens with zero attached hydrogens (tertiary/aromatic N) is 3. The summed E-state index contributed by atoms with van der Waals surface area (Å²) in [6, 6.07) is 2.52. The van der Waals surface area contributed by atoms with E-state index in [1.54, 1.807) is 6.07 Å². The summed E-state index contributed by atoms with van der Waals surface area (Å²) in [5.74, 6) is 0.743. The van der Waals surface area contributed by atoms with E-state index in [1.807, 2.05) is 0 Å². The first kappa shape index (κ1) is 11.2. The van der Waals surface area contributed by atoms with Gasteiger partial charge in [-0.3, -0.25) is 0 Å². The molecule has 7 heteroatoms. The Morgan fingerprint density at radius 3 is 3.17 bits per heavy atom. The van der Waals surface area contributed by atoms with Gasteiger partial charge in [0.2, 0.25) is 0 Å². The Kier molecular flexibility index (Phi) is 2.97. The molecule has 1 aliphatic rings. The molecule has 2 aromatic rings. The van der Waals surface area contributed by atoms with Crippen LogP contribution in [0.5, 0.6) is 0 Å². The van der Waals surface area contributed by atoms with Crippen molar-refractivity contribution in [3.63, 3.8) is 0 Å². The molecule has 1 aliphatic carbocycles. The summed E-state index contributed by atoms with van der Waals surface area (Å²) in [7, 11) is 0. The quantitative estimate of drug-likeness (QED) is 0.625. The highest BCUT2D eigenvalue weighted by Gasteiger charge is 2.19. The van der Waals surface area contributed by atoms with Crippen LogP contribution in [0.3, 0.4) is 0 Å². The molecular formula is C11H16N6O. The summed E-state index contributed by atoms with van der Waals surface area (Å²) in [6.45, 7) is 1.89. The minimum Gasteiger partial charge on any atom is -0.370 e. The normalized spacial score (nSPS) is 15.1. The summed E-state index contributed by atoms with van der Waals surface area (Å²) < 4.78 is 1.37. The number of hydrogen-bond acceptors (Lipinski definition) is 5. The third kappa shape index (κ3) is 2.51. The summed E-state index contributed by atoms with van der Waals surface area (Å²) in [5.41, 5.74) is 0.311. The highest BCUT2D eigenvalue weighted by Crippen LogP contribution is 2.18. The third-order valence-electron chi connectivity index (χ3n) is 2.98. The lowest BCUT2D eigenvalue weighted by Gasteiger charge is -2.05. The Balaban J connectivity index is 1.52. The van der Waals surface area contributed by atoms with Crippen LogP contribution in [0.15, 0.2) is 17.2 Å². The van der Waals surface area contributed by atoms with E-state index < -0.39 is 0 Å². The minimum atomic E-state index is -0.266. The number of nitrogens with one attached hydrogen (secondary N) is 3. The molecule has 0 saturated heterocycles. The second kappa shape index (κ2) is 4.77. The molecule has 3 rings (SSSR count). The molecule has 0 radical (unpaired) electrons. The summed E-state index contributed by atoms with van der Waals surface area (Å²) >= 11 is 0. The fourth-order valence-corrected chi connectivity index (χ4v) is 1.80. The molecule has 18 heavy (non-hydrogen) atoms. The van der Waals surface area contributed by atoms with E-state index in [0.29, 0.717) is 5.65 Å². The highest BCUT2D eigenvalue weighted by atomic mass is 16.1. The zero-order chi connectivity index (χ0) is 12.4. The van der Waals surface area contributed by atoms with Gasteiger partial charge in [0.15, 0.2) is 5.65 Å². The number of rotatable bonds is 6. The Labute approximate surface area is 104 Å². The maximum Gasteiger partial charge on any atom is 0.348 e. The van der Waals surface area contributed by atoms with Crippen LogP contribution < -0.4 is 16.3 Å². The van der Waals surface area contributed by atoms with Gasteiger partial charge in [0.05, 0.1) is 0 Å². The molecule has 96 valence electrons. The molecule has 1 saturated carbocycles. The molecule has 2 aromatic heterocycles. The SMILES string of the molecule is O=c1[nH]nc2cc(NCCCNC3CC3)ncn12. The predicted molar refractivity (Wildman–Crippen MR) is 67.7 cm³/mol. The molecule has 0 aromatic carbocycles. The van der Waals surface area contributed by atoms with Crippen molar-refractivity contribution in [2.45, 2.75) is 25.3 Å². The van der Waals surface area contributed by atoms with Gasteiger partial charge in [0.25, 0.3) is 0 Å². The lowest BCUT2D eigenvalue weighted by molar-refractivity contribution is 0.658. The molecule has 0 spiro atoms.